The van der Waals surface area contributed by atoms with Crippen LogP contribution in [0.15, 0.2) is 34.9 Å². The predicted molar refractivity (Wildman–Crippen MR) is 91.6 cm³/mol. The zero-order valence-electron chi connectivity index (χ0n) is 15.1. The minimum Gasteiger partial charge on any atom is -0.490 e. The number of hydrogen-bond donors (Lipinski definition) is 0. The maximum atomic E-state index is 12.8. The Hall–Kier alpha value is -2.51. The summed E-state index contributed by atoms with van der Waals surface area (Å²) in [5, 5.41) is 3.89. The average molecular weight is 382 g/mol. The smallest absolute Gasteiger partial charge is 0.416 e. The molecule has 0 radical (unpaired) electrons. The van der Waals surface area contributed by atoms with Crippen molar-refractivity contribution < 1.29 is 27.2 Å². The lowest BCUT2D eigenvalue weighted by Gasteiger charge is -2.31. The van der Waals surface area contributed by atoms with Crippen LogP contribution in [0.1, 0.15) is 54.4 Å². The number of alkyl halides is 3. The number of hydrogen-bond acceptors (Lipinski definition) is 4. The van der Waals surface area contributed by atoms with E-state index in [1.165, 1.54) is 12.1 Å². The SMILES string of the molecule is CC(C)c1cc(C(=O)N2CCC(Oc3cccc(C(F)(F)F)c3)CC2)on1. The molecular weight excluding hydrogens is 361 g/mol. The van der Waals surface area contributed by atoms with Gasteiger partial charge in [0.15, 0.2) is 0 Å². The molecule has 2 heterocycles. The van der Waals surface area contributed by atoms with Gasteiger partial charge >= 0.3 is 6.18 Å². The summed E-state index contributed by atoms with van der Waals surface area (Å²) in [6.45, 7) is 4.81. The largest absolute Gasteiger partial charge is 0.490 e. The van der Waals surface area contributed by atoms with Crippen LogP contribution in [0.5, 0.6) is 5.75 Å². The molecule has 0 aliphatic carbocycles. The number of carbonyl (C=O) groups excluding carboxylic acids is 1. The van der Waals surface area contributed by atoms with E-state index in [1.807, 2.05) is 13.8 Å². The predicted octanol–water partition coefficient (Wildman–Crippen LogP) is 4.50. The number of aromatic nitrogens is 1. The fraction of sp³-hybridized carbons (Fsp3) is 0.474. The van der Waals surface area contributed by atoms with Gasteiger partial charge in [0.05, 0.1) is 11.3 Å². The van der Waals surface area contributed by atoms with E-state index >= 15 is 0 Å². The van der Waals surface area contributed by atoms with Gasteiger partial charge in [0.2, 0.25) is 5.76 Å². The van der Waals surface area contributed by atoms with Gasteiger partial charge in [-0.05, 0) is 24.1 Å². The zero-order valence-corrected chi connectivity index (χ0v) is 15.1. The number of halogens is 3. The molecule has 1 aromatic heterocycles. The molecular formula is C19H21F3N2O3. The van der Waals surface area contributed by atoms with E-state index in [0.29, 0.717) is 25.9 Å². The van der Waals surface area contributed by atoms with Gasteiger partial charge in [-0.25, -0.2) is 0 Å². The Morgan fingerprint density at radius 1 is 1.26 bits per heavy atom. The molecule has 27 heavy (non-hydrogen) atoms. The van der Waals surface area contributed by atoms with Crippen molar-refractivity contribution in [3.05, 3.63) is 47.3 Å². The number of piperidine rings is 1. The fourth-order valence-electron chi connectivity index (χ4n) is 2.93. The summed E-state index contributed by atoms with van der Waals surface area (Å²) in [7, 11) is 0. The molecule has 1 aliphatic heterocycles. The van der Waals surface area contributed by atoms with Gasteiger partial charge in [0.1, 0.15) is 11.9 Å². The molecule has 5 nitrogen and oxygen atoms in total. The number of ether oxygens (including phenoxy) is 1. The number of likely N-dealkylation sites (tertiary alicyclic amines) is 1. The van der Waals surface area contributed by atoms with Crippen LogP contribution in [0.2, 0.25) is 0 Å². The van der Waals surface area contributed by atoms with Crippen molar-refractivity contribution in [2.24, 2.45) is 0 Å². The molecule has 1 aliphatic rings. The highest BCUT2D eigenvalue weighted by molar-refractivity contribution is 5.91. The summed E-state index contributed by atoms with van der Waals surface area (Å²) in [6.07, 6.45) is -3.57. The summed E-state index contributed by atoms with van der Waals surface area (Å²) < 4.78 is 49.2. The highest BCUT2D eigenvalue weighted by Crippen LogP contribution is 2.32. The first-order valence-electron chi connectivity index (χ1n) is 8.84. The average Bonchev–Trinajstić information content (AvgIpc) is 3.12. The van der Waals surface area contributed by atoms with Gasteiger partial charge < -0.3 is 14.2 Å². The van der Waals surface area contributed by atoms with Gasteiger partial charge in [0.25, 0.3) is 5.91 Å². The van der Waals surface area contributed by atoms with Crippen LogP contribution in [0, 0.1) is 0 Å². The number of benzene rings is 1. The Kier molecular flexibility index (Phi) is 5.43. The molecule has 1 saturated heterocycles. The Morgan fingerprint density at radius 2 is 1.96 bits per heavy atom. The molecule has 1 amide bonds. The van der Waals surface area contributed by atoms with Crippen LogP contribution in [-0.2, 0) is 6.18 Å². The van der Waals surface area contributed by atoms with Gasteiger partial charge in [0, 0.05) is 32.0 Å². The number of carbonyl (C=O) groups is 1. The van der Waals surface area contributed by atoms with Crippen molar-refractivity contribution in [1.82, 2.24) is 10.1 Å². The Labute approximate surface area is 155 Å². The van der Waals surface area contributed by atoms with Crippen molar-refractivity contribution >= 4 is 5.91 Å². The number of rotatable bonds is 4. The third-order valence-corrected chi connectivity index (χ3v) is 4.52. The van der Waals surface area contributed by atoms with E-state index in [9.17, 15) is 18.0 Å². The highest BCUT2D eigenvalue weighted by Gasteiger charge is 2.31. The normalized spacial score (nSPS) is 16.0. The summed E-state index contributed by atoms with van der Waals surface area (Å²) in [5.41, 5.74) is -0.0139. The minimum atomic E-state index is -4.40. The van der Waals surface area contributed by atoms with Crippen molar-refractivity contribution in [1.29, 1.82) is 0 Å². The minimum absolute atomic E-state index is 0.168. The molecule has 0 saturated carbocycles. The Balaban J connectivity index is 1.56. The lowest BCUT2D eigenvalue weighted by molar-refractivity contribution is -0.137. The maximum Gasteiger partial charge on any atom is 0.416 e. The molecule has 0 unspecified atom stereocenters. The quantitative estimate of drug-likeness (QED) is 0.781. The molecule has 0 spiro atoms. The molecule has 3 rings (SSSR count). The van der Waals surface area contributed by atoms with Crippen LogP contribution < -0.4 is 4.74 Å². The second-order valence-corrected chi connectivity index (χ2v) is 6.91. The summed E-state index contributed by atoms with van der Waals surface area (Å²) in [4.78, 5) is 14.1. The van der Waals surface area contributed by atoms with Gasteiger partial charge in [-0.3, -0.25) is 4.79 Å². The van der Waals surface area contributed by atoms with E-state index < -0.39 is 11.7 Å². The van der Waals surface area contributed by atoms with Crippen LogP contribution in [0.4, 0.5) is 13.2 Å². The summed E-state index contributed by atoms with van der Waals surface area (Å²) in [6, 6.07) is 6.50. The van der Waals surface area contributed by atoms with Crippen molar-refractivity contribution in [3.63, 3.8) is 0 Å². The van der Waals surface area contributed by atoms with Crippen LogP contribution in [-0.4, -0.2) is 35.2 Å². The fourth-order valence-corrected chi connectivity index (χ4v) is 2.93. The van der Waals surface area contributed by atoms with Crippen LogP contribution in [0.25, 0.3) is 0 Å². The first kappa shape index (κ1) is 19.3. The molecule has 8 heteroatoms. The first-order chi connectivity index (χ1) is 12.7. The zero-order chi connectivity index (χ0) is 19.6. The van der Waals surface area contributed by atoms with E-state index in [4.69, 9.17) is 9.26 Å². The third-order valence-electron chi connectivity index (χ3n) is 4.52. The Bertz CT molecular complexity index is 793. The van der Waals surface area contributed by atoms with Crippen molar-refractivity contribution in [3.8, 4) is 5.75 Å². The molecule has 0 bridgehead atoms. The lowest BCUT2D eigenvalue weighted by atomic mass is 10.1. The third kappa shape index (κ3) is 4.61. The molecule has 1 aromatic carbocycles. The molecule has 0 atom stereocenters. The topological polar surface area (TPSA) is 55.6 Å². The van der Waals surface area contributed by atoms with Crippen LogP contribution >= 0.6 is 0 Å². The maximum absolute atomic E-state index is 12.8. The second kappa shape index (κ2) is 7.62. The first-order valence-corrected chi connectivity index (χ1v) is 8.84. The van der Waals surface area contributed by atoms with Crippen LogP contribution in [0.3, 0.4) is 0 Å². The highest BCUT2D eigenvalue weighted by atomic mass is 19.4. The summed E-state index contributed by atoms with van der Waals surface area (Å²) >= 11 is 0. The molecule has 146 valence electrons. The van der Waals surface area contributed by atoms with Gasteiger partial charge in [-0.15, -0.1) is 0 Å². The monoisotopic (exact) mass is 382 g/mol. The number of nitrogens with zero attached hydrogens (tertiary/aromatic N) is 2. The van der Waals surface area contributed by atoms with Gasteiger partial charge in [-0.2, -0.15) is 13.2 Å². The van der Waals surface area contributed by atoms with E-state index in [0.717, 1.165) is 17.8 Å². The lowest BCUT2D eigenvalue weighted by Crippen LogP contribution is -2.41. The standard InChI is InChI=1S/C19H21F3N2O3/c1-12(2)16-11-17(27-23-16)18(25)24-8-6-14(7-9-24)26-15-5-3-4-13(10-15)19(20,21)22/h3-5,10-12,14H,6-9H2,1-2H3. The molecule has 0 N–H and O–H groups in total. The van der Waals surface area contributed by atoms with E-state index in [1.54, 1.807) is 11.0 Å². The second-order valence-electron chi connectivity index (χ2n) is 6.91. The van der Waals surface area contributed by atoms with E-state index in [2.05, 4.69) is 5.16 Å². The van der Waals surface area contributed by atoms with Crippen molar-refractivity contribution in [2.75, 3.05) is 13.1 Å². The van der Waals surface area contributed by atoms with Crippen molar-refractivity contribution in [2.45, 2.75) is 44.9 Å². The summed E-state index contributed by atoms with van der Waals surface area (Å²) in [5.74, 6) is 0.330. The van der Waals surface area contributed by atoms with E-state index in [-0.39, 0.29) is 29.4 Å². The van der Waals surface area contributed by atoms with Gasteiger partial charge in [-0.1, -0.05) is 25.1 Å². The molecule has 2 aromatic rings. The Morgan fingerprint density at radius 3 is 2.56 bits per heavy atom. The molecule has 1 fully saturated rings. The number of amides is 1.